The lowest BCUT2D eigenvalue weighted by atomic mass is 9.90. The van der Waals surface area contributed by atoms with Crippen molar-refractivity contribution in [2.75, 3.05) is 31.3 Å². The predicted octanol–water partition coefficient (Wildman–Crippen LogP) is 1.92. The molecule has 1 N–H and O–H groups in total. The Labute approximate surface area is 90.4 Å². The van der Waals surface area contributed by atoms with E-state index in [-0.39, 0.29) is 5.41 Å². The molecule has 0 aromatic heterocycles. The lowest BCUT2D eigenvalue weighted by Crippen LogP contribution is -2.47. The average molecular weight is 216 g/mol. The predicted molar refractivity (Wildman–Crippen MR) is 59.6 cm³/mol. The molecule has 1 saturated carbocycles. The summed E-state index contributed by atoms with van der Waals surface area (Å²) < 4.78 is 5.18. The van der Waals surface area contributed by atoms with E-state index < -0.39 is 0 Å². The minimum Gasteiger partial charge on any atom is -0.396 e. The molecule has 0 atom stereocenters. The van der Waals surface area contributed by atoms with E-state index in [1.165, 1.54) is 31.4 Å². The van der Waals surface area contributed by atoms with Crippen molar-refractivity contribution in [3.63, 3.8) is 0 Å². The topological polar surface area (TPSA) is 29.5 Å². The summed E-state index contributed by atoms with van der Waals surface area (Å²) in [6, 6.07) is 0. The van der Waals surface area contributed by atoms with Crippen molar-refractivity contribution in [1.82, 2.24) is 0 Å². The van der Waals surface area contributed by atoms with Crippen LogP contribution in [0.25, 0.3) is 0 Å². The first-order valence-corrected chi connectivity index (χ1v) is 6.76. The molecule has 3 heteroatoms. The summed E-state index contributed by atoms with van der Waals surface area (Å²) in [7, 11) is 0. The van der Waals surface area contributed by atoms with Crippen molar-refractivity contribution in [3.05, 3.63) is 0 Å². The number of hydrogen-bond acceptors (Lipinski definition) is 3. The highest BCUT2D eigenvalue weighted by atomic mass is 32.2. The lowest BCUT2D eigenvalue weighted by molar-refractivity contribution is -0.121. The Kier molecular flexibility index (Phi) is 3.74. The van der Waals surface area contributed by atoms with Gasteiger partial charge in [-0.1, -0.05) is 12.8 Å². The van der Waals surface area contributed by atoms with Gasteiger partial charge in [-0.3, -0.25) is 0 Å². The van der Waals surface area contributed by atoms with Gasteiger partial charge in [-0.2, -0.15) is 11.8 Å². The van der Waals surface area contributed by atoms with Crippen LogP contribution < -0.4 is 0 Å². The van der Waals surface area contributed by atoms with E-state index in [1.54, 1.807) is 0 Å². The van der Waals surface area contributed by atoms with E-state index in [1.807, 2.05) is 11.8 Å². The van der Waals surface area contributed by atoms with Crippen LogP contribution in [0.5, 0.6) is 0 Å². The number of aliphatic hydroxyl groups excluding tert-OH is 1. The second-order valence-electron chi connectivity index (χ2n) is 4.82. The summed E-state index contributed by atoms with van der Waals surface area (Å²) in [6.07, 6.45) is 5.71. The Morgan fingerprint density at radius 3 is 2.50 bits per heavy atom. The van der Waals surface area contributed by atoms with Crippen LogP contribution in [-0.4, -0.2) is 36.4 Å². The van der Waals surface area contributed by atoms with Gasteiger partial charge in [-0.05, 0) is 24.5 Å². The van der Waals surface area contributed by atoms with Crippen molar-refractivity contribution >= 4 is 11.8 Å². The Bertz CT molecular complexity index is 169. The van der Waals surface area contributed by atoms with Crippen molar-refractivity contribution in [2.24, 2.45) is 11.3 Å². The highest BCUT2D eigenvalue weighted by Crippen LogP contribution is 2.34. The van der Waals surface area contributed by atoms with E-state index in [4.69, 9.17) is 4.74 Å². The molecule has 1 aliphatic heterocycles. The molecule has 0 unspecified atom stereocenters. The number of rotatable bonds is 5. The molecule has 82 valence electrons. The normalized spacial score (nSPS) is 26.4. The third kappa shape index (κ3) is 2.44. The molecule has 2 rings (SSSR count). The zero-order valence-corrected chi connectivity index (χ0v) is 9.52. The SMILES string of the molecule is OCC1(CSCC2CCCC2)COC1. The van der Waals surface area contributed by atoms with Gasteiger partial charge in [-0.15, -0.1) is 0 Å². The molecule has 0 spiro atoms. The smallest absolute Gasteiger partial charge is 0.0575 e. The van der Waals surface area contributed by atoms with Crippen LogP contribution in [0.3, 0.4) is 0 Å². The monoisotopic (exact) mass is 216 g/mol. The first kappa shape index (κ1) is 10.8. The number of ether oxygens (including phenoxy) is 1. The van der Waals surface area contributed by atoms with Gasteiger partial charge >= 0.3 is 0 Å². The molecule has 2 fully saturated rings. The quantitative estimate of drug-likeness (QED) is 0.761. The molecule has 0 bridgehead atoms. The van der Waals surface area contributed by atoms with Gasteiger partial charge in [0.1, 0.15) is 0 Å². The fourth-order valence-electron chi connectivity index (χ4n) is 2.23. The minimum atomic E-state index is 0.114. The highest BCUT2D eigenvalue weighted by Gasteiger charge is 2.37. The maximum atomic E-state index is 9.24. The molecule has 0 aromatic rings. The summed E-state index contributed by atoms with van der Waals surface area (Å²) >= 11 is 2.02. The Balaban J connectivity index is 1.61. The minimum absolute atomic E-state index is 0.114. The third-order valence-corrected chi connectivity index (χ3v) is 4.91. The van der Waals surface area contributed by atoms with Crippen LogP contribution in [0.4, 0.5) is 0 Å². The molecule has 14 heavy (non-hydrogen) atoms. The first-order chi connectivity index (χ1) is 6.85. The summed E-state index contributed by atoms with van der Waals surface area (Å²) in [5.74, 6) is 3.33. The molecule has 2 aliphatic rings. The van der Waals surface area contributed by atoms with Crippen molar-refractivity contribution < 1.29 is 9.84 Å². The van der Waals surface area contributed by atoms with Crippen LogP contribution in [-0.2, 0) is 4.74 Å². The molecule has 0 amide bonds. The van der Waals surface area contributed by atoms with Gasteiger partial charge < -0.3 is 9.84 Å². The van der Waals surface area contributed by atoms with Crippen LogP contribution in [0, 0.1) is 11.3 Å². The summed E-state index contributed by atoms with van der Waals surface area (Å²) in [5, 5.41) is 9.24. The highest BCUT2D eigenvalue weighted by molar-refractivity contribution is 7.99. The fraction of sp³-hybridized carbons (Fsp3) is 1.00. The van der Waals surface area contributed by atoms with Crippen molar-refractivity contribution in [3.8, 4) is 0 Å². The first-order valence-electron chi connectivity index (χ1n) is 5.61. The molecule has 2 nitrogen and oxygen atoms in total. The number of thioether (sulfide) groups is 1. The molecule has 1 aliphatic carbocycles. The van der Waals surface area contributed by atoms with Gasteiger partial charge in [0.15, 0.2) is 0 Å². The standard InChI is InChI=1S/C11H20O2S/c12-6-11(7-13-8-11)9-14-5-10-3-1-2-4-10/h10,12H,1-9H2. The van der Waals surface area contributed by atoms with Crippen LogP contribution in [0.15, 0.2) is 0 Å². The molecule has 0 radical (unpaired) electrons. The molecular weight excluding hydrogens is 196 g/mol. The second kappa shape index (κ2) is 4.86. The van der Waals surface area contributed by atoms with Gasteiger partial charge in [0.25, 0.3) is 0 Å². The van der Waals surface area contributed by atoms with Crippen LogP contribution >= 0.6 is 11.8 Å². The number of hydrogen-bond donors (Lipinski definition) is 1. The fourth-order valence-corrected chi connectivity index (χ4v) is 3.71. The Morgan fingerprint density at radius 2 is 2.00 bits per heavy atom. The molecule has 0 aromatic carbocycles. The summed E-state index contributed by atoms with van der Waals surface area (Å²) in [4.78, 5) is 0. The lowest BCUT2D eigenvalue weighted by Gasteiger charge is -2.39. The maximum absolute atomic E-state index is 9.24. The summed E-state index contributed by atoms with van der Waals surface area (Å²) in [6.45, 7) is 1.83. The molecule has 1 saturated heterocycles. The van der Waals surface area contributed by atoms with E-state index in [0.29, 0.717) is 6.61 Å². The van der Waals surface area contributed by atoms with Crippen LogP contribution in [0.1, 0.15) is 25.7 Å². The van der Waals surface area contributed by atoms with E-state index >= 15 is 0 Å². The second-order valence-corrected chi connectivity index (χ2v) is 5.85. The largest absolute Gasteiger partial charge is 0.396 e. The third-order valence-electron chi connectivity index (χ3n) is 3.39. The van der Waals surface area contributed by atoms with Gasteiger partial charge in [0, 0.05) is 11.2 Å². The maximum Gasteiger partial charge on any atom is 0.0575 e. The van der Waals surface area contributed by atoms with E-state index in [0.717, 1.165) is 24.9 Å². The number of aliphatic hydroxyl groups is 1. The Morgan fingerprint density at radius 1 is 1.29 bits per heavy atom. The molecular formula is C11H20O2S. The average Bonchev–Trinajstić information content (AvgIpc) is 2.62. The molecule has 1 heterocycles. The zero-order chi connectivity index (χ0) is 9.86. The van der Waals surface area contributed by atoms with E-state index in [9.17, 15) is 5.11 Å². The van der Waals surface area contributed by atoms with Crippen molar-refractivity contribution in [2.45, 2.75) is 25.7 Å². The van der Waals surface area contributed by atoms with Crippen molar-refractivity contribution in [1.29, 1.82) is 0 Å². The van der Waals surface area contributed by atoms with Gasteiger partial charge in [-0.25, -0.2) is 0 Å². The zero-order valence-electron chi connectivity index (χ0n) is 8.71. The van der Waals surface area contributed by atoms with Gasteiger partial charge in [0.2, 0.25) is 0 Å². The van der Waals surface area contributed by atoms with Crippen LogP contribution in [0.2, 0.25) is 0 Å². The Hall–Kier alpha value is 0.270. The summed E-state index contributed by atoms with van der Waals surface area (Å²) in [5.41, 5.74) is 0.114. The van der Waals surface area contributed by atoms with Gasteiger partial charge in [0.05, 0.1) is 19.8 Å². The van der Waals surface area contributed by atoms with E-state index in [2.05, 4.69) is 0 Å².